The average Bonchev–Trinajstić information content (AvgIpc) is 2.61. The van der Waals surface area contributed by atoms with E-state index in [0.29, 0.717) is 28.9 Å². The predicted octanol–water partition coefficient (Wildman–Crippen LogP) is 6.49. The van der Waals surface area contributed by atoms with Crippen LogP contribution < -0.4 is 10.1 Å². The second-order valence-electron chi connectivity index (χ2n) is 5.87. The third kappa shape index (κ3) is 4.91. The molecule has 3 aromatic rings. The Labute approximate surface area is 158 Å². The maximum Gasteiger partial charge on any atom is 0.143 e. The fraction of sp³-hybridized carbons (Fsp3) is 0.143. The fourth-order valence-electron chi connectivity index (χ4n) is 2.51. The van der Waals surface area contributed by atoms with Crippen LogP contribution >= 0.6 is 23.2 Å². The molecule has 128 valence electrons. The van der Waals surface area contributed by atoms with Crippen LogP contribution in [0.2, 0.25) is 10.0 Å². The largest absolute Gasteiger partial charge is 0.487 e. The highest BCUT2D eigenvalue weighted by atomic mass is 35.5. The summed E-state index contributed by atoms with van der Waals surface area (Å²) < 4.78 is 5.99. The van der Waals surface area contributed by atoms with Gasteiger partial charge in [0.05, 0.1) is 5.02 Å². The summed E-state index contributed by atoms with van der Waals surface area (Å²) in [5, 5.41) is 4.50. The number of ether oxygens (including phenoxy) is 1. The van der Waals surface area contributed by atoms with E-state index in [1.165, 1.54) is 5.56 Å². The molecule has 0 bridgehead atoms. The van der Waals surface area contributed by atoms with Crippen molar-refractivity contribution >= 4 is 28.9 Å². The Morgan fingerprint density at radius 2 is 1.64 bits per heavy atom. The molecule has 0 atom stereocenters. The van der Waals surface area contributed by atoms with Crippen LogP contribution in [0.3, 0.4) is 0 Å². The van der Waals surface area contributed by atoms with E-state index in [-0.39, 0.29) is 0 Å². The average molecular weight is 372 g/mol. The van der Waals surface area contributed by atoms with Crippen LogP contribution in [0.4, 0.5) is 5.69 Å². The van der Waals surface area contributed by atoms with Gasteiger partial charge in [0.2, 0.25) is 0 Å². The van der Waals surface area contributed by atoms with Crippen LogP contribution in [-0.2, 0) is 13.2 Å². The summed E-state index contributed by atoms with van der Waals surface area (Å²) in [5.41, 5.74) is 4.28. The van der Waals surface area contributed by atoms with Gasteiger partial charge >= 0.3 is 0 Å². The molecule has 0 fully saturated rings. The molecule has 2 nitrogen and oxygen atoms in total. The standard InChI is InChI=1S/C21H19Cl2NO/c1-15-7-9-19(10-8-15)24-13-17-11-18(22)12-20(23)21(17)25-14-16-5-3-2-4-6-16/h2-12,24H,13-14H2,1H3. The van der Waals surface area contributed by atoms with Crippen molar-refractivity contribution in [3.8, 4) is 5.75 Å². The van der Waals surface area contributed by atoms with Gasteiger partial charge in [-0.2, -0.15) is 0 Å². The molecular formula is C21H19Cl2NO. The Bertz CT molecular complexity index is 833. The Morgan fingerprint density at radius 3 is 2.36 bits per heavy atom. The van der Waals surface area contributed by atoms with Crippen LogP contribution in [0.1, 0.15) is 16.7 Å². The van der Waals surface area contributed by atoms with E-state index >= 15 is 0 Å². The molecule has 0 unspecified atom stereocenters. The third-order valence-corrected chi connectivity index (χ3v) is 4.34. The number of benzene rings is 3. The zero-order valence-electron chi connectivity index (χ0n) is 13.9. The zero-order valence-corrected chi connectivity index (χ0v) is 15.4. The summed E-state index contributed by atoms with van der Waals surface area (Å²) in [7, 11) is 0. The van der Waals surface area contributed by atoms with Gasteiger partial charge in [-0.05, 0) is 36.8 Å². The van der Waals surface area contributed by atoms with Gasteiger partial charge < -0.3 is 10.1 Å². The first kappa shape index (κ1) is 17.7. The van der Waals surface area contributed by atoms with Gasteiger partial charge in [-0.15, -0.1) is 0 Å². The third-order valence-electron chi connectivity index (χ3n) is 3.85. The quantitative estimate of drug-likeness (QED) is 0.534. The van der Waals surface area contributed by atoms with E-state index in [1.807, 2.05) is 48.5 Å². The lowest BCUT2D eigenvalue weighted by Gasteiger charge is -2.15. The minimum Gasteiger partial charge on any atom is -0.487 e. The van der Waals surface area contributed by atoms with E-state index in [2.05, 4.69) is 24.4 Å². The first-order valence-corrected chi connectivity index (χ1v) is 8.82. The van der Waals surface area contributed by atoms with E-state index in [9.17, 15) is 0 Å². The summed E-state index contributed by atoms with van der Waals surface area (Å²) in [6, 6.07) is 21.8. The highest BCUT2D eigenvalue weighted by Gasteiger charge is 2.11. The van der Waals surface area contributed by atoms with Crippen molar-refractivity contribution in [3.05, 3.63) is 93.5 Å². The van der Waals surface area contributed by atoms with Crippen molar-refractivity contribution in [3.63, 3.8) is 0 Å². The normalized spacial score (nSPS) is 10.5. The van der Waals surface area contributed by atoms with E-state index in [1.54, 1.807) is 6.07 Å². The monoisotopic (exact) mass is 371 g/mol. The number of nitrogens with one attached hydrogen (secondary N) is 1. The molecular weight excluding hydrogens is 353 g/mol. The van der Waals surface area contributed by atoms with Crippen molar-refractivity contribution in [2.24, 2.45) is 0 Å². The van der Waals surface area contributed by atoms with Crippen molar-refractivity contribution in [2.75, 3.05) is 5.32 Å². The van der Waals surface area contributed by atoms with Gasteiger partial charge in [-0.3, -0.25) is 0 Å². The summed E-state index contributed by atoms with van der Waals surface area (Å²) in [4.78, 5) is 0. The topological polar surface area (TPSA) is 21.3 Å². The summed E-state index contributed by atoms with van der Waals surface area (Å²) in [5.74, 6) is 0.662. The molecule has 0 saturated carbocycles. The Hall–Kier alpha value is -2.16. The molecule has 0 aliphatic heterocycles. The number of hydrogen-bond acceptors (Lipinski definition) is 2. The van der Waals surface area contributed by atoms with Gasteiger partial charge in [0, 0.05) is 22.8 Å². The van der Waals surface area contributed by atoms with E-state index in [0.717, 1.165) is 16.8 Å². The SMILES string of the molecule is Cc1ccc(NCc2cc(Cl)cc(Cl)c2OCc2ccccc2)cc1. The first-order chi connectivity index (χ1) is 12.1. The molecule has 1 N–H and O–H groups in total. The molecule has 0 aliphatic carbocycles. The fourth-order valence-corrected chi connectivity index (χ4v) is 3.10. The second-order valence-corrected chi connectivity index (χ2v) is 6.71. The summed E-state index contributed by atoms with van der Waals surface area (Å²) in [6.45, 7) is 3.10. The Kier molecular flexibility index (Phi) is 5.85. The van der Waals surface area contributed by atoms with E-state index < -0.39 is 0 Å². The summed E-state index contributed by atoms with van der Waals surface area (Å²) in [6.07, 6.45) is 0. The number of aryl methyl sites for hydroxylation is 1. The molecule has 0 radical (unpaired) electrons. The second kappa shape index (κ2) is 8.28. The lowest BCUT2D eigenvalue weighted by atomic mass is 10.1. The van der Waals surface area contributed by atoms with Gasteiger partial charge in [-0.25, -0.2) is 0 Å². The molecule has 0 heterocycles. The number of rotatable bonds is 6. The van der Waals surface area contributed by atoms with Crippen LogP contribution in [0.5, 0.6) is 5.75 Å². The minimum absolute atomic E-state index is 0.458. The predicted molar refractivity (Wildman–Crippen MR) is 106 cm³/mol. The zero-order chi connectivity index (χ0) is 17.6. The van der Waals surface area contributed by atoms with Crippen LogP contribution in [-0.4, -0.2) is 0 Å². The van der Waals surface area contributed by atoms with Crippen LogP contribution in [0.25, 0.3) is 0 Å². The Morgan fingerprint density at radius 1 is 0.920 bits per heavy atom. The van der Waals surface area contributed by atoms with Gasteiger partial charge in [0.25, 0.3) is 0 Å². The van der Waals surface area contributed by atoms with Crippen molar-refractivity contribution < 1.29 is 4.74 Å². The molecule has 0 amide bonds. The highest BCUT2D eigenvalue weighted by Crippen LogP contribution is 2.33. The van der Waals surface area contributed by atoms with Crippen LogP contribution in [0, 0.1) is 6.92 Å². The maximum absolute atomic E-state index is 6.37. The maximum atomic E-state index is 6.37. The molecule has 0 aliphatic rings. The highest BCUT2D eigenvalue weighted by molar-refractivity contribution is 6.35. The van der Waals surface area contributed by atoms with Gasteiger partial charge in [-0.1, -0.05) is 71.2 Å². The van der Waals surface area contributed by atoms with Crippen molar-refractivity contribution in [1.82, 2.24) is 0 Å². The smallest absolute Gasteiger partial charge is 0.143 e. The molecule has 3 rings (SSSR count). The molecule has 25 heavy (non-hydrogen) atoms. The van der Waals surface area contributed by atoms with Gasteiger partial charge in [0.15, 0.2) is 0 Å². The number of halogens is 2. The first-order valence-electron chi connectivity index (χ1n) is 8.07. The molecule has 4 heteroatoms. The number of hydrogen-bond donors (Lipinski definition) is 1. The van der Waals surface area contributed by atoms with Crippen molar-refractivity contribution in [2.45, 2.75) is 20.1 Å². The van der Waals surface area contributed by atoms with E-state index in [4.69, 9.17) is 27.9 Å². The number of anilines is 1. The molecule has 3 aromatic carbocycles. The minimum atomic E-state index is 0.458. The van der Waals surface area contributed by atoms with Crippen LogP contribution in [0.15, 0.2) is 66.7 Å². The Balaban J connectivity index is 1.76. The molecule has 0 spiro atoms. The lowest BCUT2D eigenvalue weighted by Crippen LogP contribution is -2.04. The lowest BCUT2D eigenvalue weighted by molar-refractivity contribution is 0.303. The summed E-state index contributed by atoms with van der Waals surface area (Å²) >= 11 is 12.5. The molecule has 0 aromatic heterocycles. The molecule has 0 saturated heterocycles. The van der Waals surface area contributed by atoms with Crippen molar-refractivity contribution in [1.29, 1.82) is 0 Å². The van der Waals surface area contributed by atoms with Gasteiger partial charge in [0.1, 0.15) is 12.4 Å².